The van der Waals surface area contributed by atoms with Crippen molar-refractivity contribution < 1.29 is 9.18 Å². The minimum atomic E-state index is -0.343. The molecular weight excluding hydrogens is 387 g/mol. The van der Waals surface area contributed by atoms with Gasteiger partial charge >= 0.3 is 0 Å². The zero-order valence-corrected chi connectivity index (χ0v) is 17.4. The molecule has 1 atom stereocenters. The largest absolute Gasteiger partial charge is 0.322 e. The SMILES string of the molecule is CC(CC(=N)c1nc2ccc(NC(=O)C=Cc3cccc(F)c3)cc2s1)N(C)C. The minimum Gasteiger partial charge on any atom is -0.322 e. The van der Waals surface area contributed by atoms with Gasteiger partial charge in [0.1, 0.15) is 10.8 Å². The van der Waals surface area contributed by atoms with Crippen LogP contribution in [0.25, 0.3) is 16.3 Å². The first kappa shape index (κ1) is 20.8. The molecule has 29 heavy (non-hydrogen) atoms. The molecular formula is C22H23FN4OS. The Kier molecular flexibility index (Phi) is 6.51. The summed E-state index contributed by atoms with van der Waals surface area (Å²) >= 11 is 1.45. The standard InChI is InChI=1S/C22H23FN4OS/c1-14(27(2)3)11-18(24)22-26-19-9-8-17(13-20(19)29-22)25-21(28)10-7-15-5-4-6-16(23)12-15/h4-10,12-14,24H,11H2,1-3H3,(H,25,28). The van der Waals surface area contributed by atoms with Crippen molar-refractivity contribution in [3.8, 4) is 0 Å². The summed E-state index contributed by atoms with van der Waals surface area (Å²) in [4.78, 5) is 18.8. The molecule has 5 nitrogen and oxygen atoms in total. The number of halogens is 1. The Morgan fingerprint density at radius 3 is 2.83 bits per heavy atom. The van der Waals surface area contributed by atoms with E-state index in [0.717, 1.165) is 10.2 Å². The smallest absolute Gasteiger partial charge is 0.248 e. The van der Waals surface area contributed by atoms with E-state index in [1.54, 1.807) is 24.3 Å². The Balaban J connectivity index is 1.69. The van der Waals surface area contributed by atoms with Crippen LogP contribution in [0.1, 0.15) is 23.9 Å². The average molecular weight is 411 g/mol. The van der Waals surface area contributed by atoms with E-state index in [9.17, 15) is 9.18 Å². The highest BCUT2D eigenvalue weighted by Gasteiger charge is 2.14. The summed E-state index contributed by atoms with van der Waals surface area (Å²) < 4.78 is 14.1. The van der Waals surface area contributed by atoms with Crippen molar-refractivity contribution in [2.24, 2.45) is 0 Å². The molecule has 2 aromatic carbocycles. The van der Waals surface area contributed by atoms with Gasteiger partial charge < -0.3 is 15.6 Å². The molecule has 0 aliphatic rings. The Morgan fingerprint density at radius 1 is 1.31 bits per heavy atom. The molecule has 0 saturated heterocycles. The summed E-state index contributed by atoms with van der Waals surface area (Å²) in [6.45, 7) is 2.08. The van der Waals surface area contributed by atoms with Crippen molar-refractivity contribution in [2.45, 2.75) is 19.4 Å². The van der Waals surface area contributed by atoms with Crippen LogP contribution in [-0.2, 0) is 4.79 Å². The van der Waals surface area contributed by atoms with Crippen molar-refractivity contribution in [1.82, 2.24) is 9.88 Å². The first-order valence-electron chi connectivity index (χ1n) is 9.21. The molecule has 1 aromatic heterocycles. The van der Waals surface area contributed by atoms with E-state index < -0.39 is 0 Å². The number of rotatable bonds is 7. The molecule has 1 amide bonds. The van der Waals surface area contributed by atoms with Gasteiger partial charge in [-0.2, -0.15) is 0 Å². The molecule has 150 valence electrons. The third kappa shape index (κ3) is 5.56. The highest BCUT2D eigenvalue weighted by atomic mass is 32.1. The first-order valence-corrected chi connectivity index (χ1v) is 10.0. The highest BCUT2D eigenvalue weighted by Crippen LogP contribution is 2.26. The number of benzene rings is 2. The Morgan fingerprint density at radius 2 is 2.10 bits per heavy atom. The van der Waals surface area contributed by atoms with Crippen molar-refractivity contribution in [1.29, 1.82) is 5.41 Å². The second kappa shape index (κ2) is 9.07. The number of carbonyl (C=O) groups is 1. The summed E-state index contributed by atoms with van der Waals surface area (Å²) in [7, 11) is 3.99. The number of thiazole rings is 1. The number of hydrogen-bond acceptors (Lipinski definition) is 5. The number of nitrogens with one attached hydrogen (secondary N) is 2. The molecule has 3 aromatic rings. The topological polar surface area (TPSA) is 69.1 Å². The highest BCUT2D eigenvalue weighted by molar-refractivity contribution is 7.20. The molecule has 2 N–H and O–H groups in total. The normalized spacial score (nSPS) is 12.6. The Hall–Kier alpha value is -2.90. The lowest BCUT2D eigenvalue weighted by Crippen LogP contribution is -2.27. The second-order valence-electron chi connectivity index (χ2n) is 7.07. The van der Waals surface area contributed by atoms with E-state index in [-0.39, 0.29) is 17.8 Å². The molecule has 0 fully saturated rings. The lowest BCUT2D eigenvalue weighted by atomic mass is 10.1. The lowest BCUT2D eigenvalue weighted by molar-refractivity contribution is -0.111. The number of carbonyl (C=O) groups excluding carboxylic acids is 1. The van der Waals surface area contributed by atoms with Crippen LogP contribution in [0.3, 0.4) is 0 Å². The van der Waals surface area contributed by atoms with Gasteiger partial charge in [0.15, 0.2) is 0 Å². The Bertz CT molecular complexity index is 1070. The maximum atomic E-state index is 13.2. The van der Waals surface area contributed by atoms with Crippen LogP contribution in [0.15, 0.2) is 48.5 Å². The van der Waals surface area contributed by atoms with Crippen molar-refractivity contribution in [3.63, 3.8) is 0 Å². The summed E-state index contributed by atoms with van der Waals surface area (Å²) in [5.41, 5.74) is 2.58. The van der Waals surface area contributed by atoms with Gasteiger partial charge in [0.2, 0.25) is 5.91 Å². The Labute approximate surface area is 173 Å². The molecule has 0 radical (unpaired) electrons. The predicted molar refractivity (Wildman–Crippen MR) is 118 cm³/mol. The van der Waals surface area contributed by atoms with Gasteiger partial charge in [0.25, 0.3) is 0 Å². The van der Waals surface area contributed by atoms with E-state index >= 15 is 0 Å². The molecule has 0 spiro atoms. The van der Waals surface area contributed by atoms with E-state index in [1.807, 2.05) is 26.2 Å². The van der Waals surface area contributed by atoms with Crippen molar-refractivity contribution >= 4 is 44.9 Å². The second-order valence-corrected chi connectivity index (χ2v) is 8.11. The van der Waals surface area contributed by atoms with Crippen LogP contribution in [0, 0.1) is 11.2 Å². The molecule has 7 heteroatoms. The zero-order valence-electron chi connectivity index (χ0n) is 16.6. The number of amides is 1. The van der Waals surface area contributed by atoms with E-state index in [2.05, 4.69) is 22.1 Å². The van der Waals surface area contributed by atoms with Crippen LogP contribution in [0.5, 0.6) is 0 Å². The number of hydrogen-bond donors (Lipinski definition) is 2. The zero-order chi connectivity index (χ0) is 21.0. The maximum Gasteiger partial charge on any atom is 0.248 e. The molecule has 0 bridgehead atoms. The number of nitrogens with zero attached hydrogens (tertiary/aromatic N) is 2. The molecule has 0 aliphatic carbocycles. The quantitative estimate of drug-likeness (QED) is 0.434. The van der Waals surface area contributed by atoms with E-state index in [0.29, 0.717) is 28.4 Å². The summed E-state index contributed by atoms with van der Waals surface area (Å²) in [5, 5.41) is 11.8. The van der Waals surface area contributed by atoms with Crippen LogP contribution in [0.4, 0.5) is 10.1 Å². The fourth-order valence-corrected chi connectivity index (χ4v) is 3.63. The van der Waals surface area contributed by atoms with Gasteiger partial charge in [-0.25, -0.2) is 9.37 Å². The molecule has 1 unspecified atom stereocenters. The minimum absolute atomic E-state index is 0.259. The predicted octanol–water partition coefficient (Wildman–Crippen LogP) is 4.80. The third-order valence-corrected chi connectivity index (χ3v) is 5.65. The van der Waals surface area contributed by atoms with Gasteiger partial charge in [-0.15, -0.1) is 11.3 Å². The number of anilines is 1. The number of fused-ring (bicyclic) bond motifs is 1. The van der Waals surface area contributed by atoms with Crippen LogP contribution in [0.2, 0.25) is 0 Å². The van der Waals surface area contributed by atoms with Gasteiger partial charge in [-0.3, -0.25) is 4.79 Å². The van der Waals surface area contributed by atoms with Gasteiger partial charge in [-0.05, 0) is 63.0 Å². The van der Waals surface area contributed by atoms with Gasteiger partial charge in [0, 0.05) is 24.2 Å². The van der Waals surface area contributed by atoms with Crippen LogP contribution < -0.4 is 5.32 Å². The third-order valence-electron chi connectivity index (χ3n) is 4.57. The maximum absolute atomic E-state index is 13.2. The summed E-state index contributed by atoms with van der Waals surface area (Å²) in [5.74, 6) is -0.643. The van der Waals surface area contributed by atoms with Gasteiger partial charge in [0.05, 0.1) is 15.9 Å². The number of aromatic nitrogens is 1. The molecule has 0 saturated carbocycles. The van der Waals surface area contributed by atoms with Crippen molar-refractivity contribution in [2.75, 3.05) is 19.4 Å². The fourth-order valence-electron chi connectivity index (χ4n) is 2.66. The van der Waals surface area contributed by atoms with Gasteiger partial charge in [-0.1, -0.05) is 12.1 Å². The fraction of sp³-hybridized carbons (Fsp3) is 0.227. The lowest BCUT2D eigenvalue weighted by Gasteiger charge is -2.19. The molecule has 0 aliphatic heterocycles. The monoisotopic (exact) mass is 410 g/mol. The summed E-state index contributed by atoms with van der Waals surface area (Å²) in [6, 6.07) is 11.8. The summed E-state index contributed by atoms with van der Waals surface area (Å²) in [6.07, 6.45) is 3.56. The van der Waals surface area contributed by atoms with E-state index in [1.165, 1.54) is 29.5 Å². The van der Waals surface area contributed by atoms with Crippen LogP contribution in [-0.4, -0.2) is 41.6 Å². The van der Waals surface area contributed by atoms with Crippen LogP contribution >= 0.6 is 11.3 Å². The average Bonchev–Trinajstić information content (AvgIpc) is 3.10. The first-order chi connectivity index (χ1) is 13.8. The van der Waals surface area contributed by atoms with E-state index in [4.69, 9.17) is 5.41 Å². The van der Waals surface area contributed by atoms with Crippen molar-refractivity contribution in [3.05, 3.63) is 64.9 Å². The molecule has 1 heterocycles. The molecule has 3 rings (SSSR count).